The van der Waals surface area contributed by atoms with Gasteiger partial charge in [0, 0.05) is 31.9 Å². The molecule has 1 aromatic heterocycles. The Morgan fingerprint density at radius 2 is 1.94 bits per heavy atom. The number of piperazine rings is 1. The molecule has 0 aliphatic carbocycles. The molecule has 0 unspecified atom stereocenters. The van der Waals surface area contributed by atoms with Gasteiger partial charge in [-0.2, -0.15) is 0 Å². The van der Waals surface area contributed by atoms with Crippen molar-refractivity contribution < 1.29 is 0 Å². The Hall–Kier alpha value is -1.13. The lowest BCUT2D eigenvalue weighted by Gasteiger charge is -2.32. The molecule has 1 aliphatic rings. The highest BCUT2D eigenvalue weighted by Crippen LogP contribution is 2.09. The Labute approximate surface area is 110 Å². The minimum Gasteiger partial charge on any atom is -0.384 e. The van der Waals surface area contributed by atoms with E-state index in [1.165, 1.54) is 44.7 Å². The molecule has 0 saturated carbocycles. The highest BCUT2D eigenvalue weighted by atomic mass is 15.2. The first-order valence-corrected chi connectivity index (χ1v) is 6.77. The molecule has 4 heteroatoms. The Kier molecular flexibility index (Phi) is 4.55. The SMILES string of the molecule is Cc1cc(N)nc(CCCN2CCN(C)CC2)c1. The minimum atomic E-state index is 0.643. The number of pyridine rings is 1. The molecule has 2 rings (SSSR count). The molecule has 2 N–H and O–H groups in total. The van der Waals surface area contributed by atoms with Gasteiger partial charge in [-0.25, -0.2) is 4.98 Å². The van der Waals surface area contributed by atoms with Gasteiger partial charge in [-0.1, -0.05) is 0 Å². The highest BCUT2D eigenvalue weighted by molar-refractivity contribution is 5.34. The van der Waals surface area contributed by atoms with E-state index in [4.69, 9.17) is 5.73 Å². The van der Waals surface area contributed by atoms with Crippen molar-refractivity contribution >= 4 is 5.82 Å². The number of hydrogen-bond acceptors (Lipinski definition) is 4. The number of rotatable bonds is 4. The van der Waals surface area contributed by atoms with Crippen molar-refractivity contribution in [2.75, 3.05) is 45.5 Å². The van der Waals surface area contributed by atoms with Crippen molar-refractivity contribution in [3.05, 3.63) is 23.4 Å². The number of aromatic nitrogens is 1. The standard InChI is InChI=1S/C14H24N4/c1-12-10-13(16-14(15)11-12)4-3-5-18-8-6-17(2)7-9-18/h10-11H,3-9H2,1-2H3,(H2,15,16). The molecule has 0 radical (unpaired) electrons. The molecule has 1 fully saturated rings. The average molecular weight is 248 g/mol. The lowest BCUT2D eigenvalue weighted by atomic mass is 10.1. The molecule has 1 aliphatic heterocycles. The van der Waals surface area contributed by atoms with E-state index in [1.54, 1.807) is 0 Å². The summed E-state index contributed by atoms with van der Waals surface area (Å²) < 4.78 is 0. The van der Waals surface area contributed by atoms with Crippen molar-refractivity contribution in [3.8, 4) is 0 Å². The average Bonchev–Trinajstić information content (AvgIpc) is 2.30. The van der Waals surface area contributed by atoms with Crippen molar-refractivity contribution in [1.82, 2.24) is 14.8 Å². The monoisotopic (exact) mass is 248 g/mol. The molecule has 0 aromatic carbocycles. The molecule has 100 valence electrons. The summed E-state index contributed by atoms with van der Waals surface area (Å²) in [5.41, 5.74) is 8.09. The molecule has 0 amide bonds. The second-order valence-electron chi connectivity index (χ2n) is 5.31. The van der Waals surface area contributed by atoms with E-state index in [1.807, 2.05) is 6.07 Å². The fourth-order valence-corrected chi connectivity index (χ4v) is 2.45. The molecule has 0 spiro atoms. The van der Waals surface area contributed by atoms with Crippen molar-refractivity contribution in [2.24, 2.45) is 0 Å². The number of nitrogens with two attached hydrogens (primary N) is 1. The second kappa shape index (κ2) is 6.16. The zero-order valence-electron chi connectivity index (χ0n) is 11.5. The van der Waals surface area contributed by atoms with Crippen LogP contribution >= 0.6 is 0 Å². The predicted octanol–water partition coefficient (Wildman–Crippen LogP) is 1.15. The van der Waals surface area contributed by atoms with Gasteiger partial charge in [0.15, 0.2) is 0 Å². The first-order chi connectivity index (χ1) is 8.63. The van der Waals surface area contributed by atoms with Gasteiger partial charge >= 0.3 is 0 Å². The van der Waals surface area contributed by atoms with Crippen LogP contribution in [0.3, 0.4) is 0 Å². The number of likely N-dealkylation sites (N-methyl/N-ethyl adjacent to an activating group) is 1. The molecule has 0 atom stereocenters. The predicted molar refractivity (Wildman–Crippen MR) is 75.6 cm³/mol. The highest BCUT2D eigenvalue weighted by Gasteiger charge is 2.12. The second-order valence-corrected chi connectivity index (χ2v) is 5.31. The fourth-order valence-electron chi connectivity index (χ4n) is 2.45. The van der Waals surface area contributed by atoms with E-state index >= 15 is 0 Å². The Morgan fingerprint density at radius 1 is 1.22 bits per heavy atom. The number of hydrogen-bond donors (Lipinski definition) is 1. The number of nitrogens with zero attached hydrogens (tertiary/aromatic N) is 3. The zero-order valence-corrected chi connectivity index (χ0v) is 11.5. The van der Waals surface area contributed by atoms with Crippen LogP contribution < -0.4 is 5.73 Å². The summed E-state index contributed by atoms with van der Waals surface area (Å²) >= 11 is 0. The van der Waals surface area contributed by atoms with E-state index in [9.17, 15) is 0 Å². The van der Waals surface area contributed by atoms with Crippen LogP contribution in [0.4, 0.5) is 5.82 Å². The fraction of sp³-hybridized carbons (Fsp3) is 0.643. The van der Waals surface area contributed by atoms with Gasteiger partial charge in [-0.05, 0) is 51.1 Å². The van der Waals surface area contributed by atoms with E-state index in [-0.39, 0.29) is 0 Å². The van der Waals surface area contributed by atoms with Crippen molar-refractivity contribution in [1.29, 1.82) is 0 Å². The van der Waals surface area contributed by atoms with Crippen molar-refractivity contribution in [2.45, 2.75) is 19.8 Å². The molecule has 2 heterocycles. The van der Waals surface area contributed by atoms with Crippen molar-refractivity contribution in [3.63, 3.8) is 0 Å². The molecular weight excluding hydrogens is 224 g/mol. The minimum absolute atomic E-state index is 0.643. The van der Waals surface area contributed by atoms with E-state index in [0.29, 0.717) is 5.82 Å². The van der Waals surface area contributed by atoms with Gasteiger partial charge < -0.3 is 15.5 Å². The normalized spacial score (nSPS) is 18.1. The lowest BCUT2D eigenvalue weighted by Crippen LogP contribution is -2.44. The molecule has 0 bridgehead atoms. The summed E-state index contributed by atoms with van der Waals surface area (Å²) in [6.07, 6.45) is 2.19. The van der Waals surface area contributed by atoms with Crippen LogP contribution in [0, 0.1) is 6.92 Å². The third-order valence-electron chi connectivity index (χ3n) is 3.55. The maximum atomic E-state index is 5.76. The van der Waals surface area contributed by atoms with Gasteiger partial charge in [-0.15, -0.1) is 0 Å². The molecule has 18 heavy (non-hydrogen) atoms. The maximum absolute atomic E-state index is 5.76. The van der Waals surface area contributed by atoms with E-state index in [2.05, 4.69) is 34.8 Å². The summed E-state index contributed by atoms with van der Waals surface area (Å²) in [6.45, 7) is 8.01. The first kappa shape index (κ1) is 13.3. The summed E-state index contributed by atoms with van der Waals surface area (Å²) in [4.78, 5) is 9.31. The van der Waals surface area contributed by atoms with Crippen LogP contribution in [-0.4, -0.2) is 54.6 Å². The van der Waals surface area contributed by atoms with Gasteiger partial charge in [0.25, 0.3) is 0 Å². The summed E-state index contributed by atoms with van der Waals surface area (Å²) in [5, 5.41) is 0. The van der Waals surface area contributed by atoms with Gasteiger partial charge in [0.05, 0.1) is 0 Å². The quantitative estimate of drug-likeness (QED) is 0.868. The van der Waals surface area contributed by atoms with Crippen LogP contribution in [0.25, 0.3) is 0 Å². The van der Waals surface area contributed by atoms with Crippen LogP contribution in [0.5, 0.6) is 0 Å². The molecular formula is C14H24N4. The summed E-state index contributed by atoms with van der Waals surface area (Å²) in [5.74, 6) is 0.643. The lowest BCUT2D eigenvalue weighted by molar-refractivity contribution is 0.153. The molecule has 1 saturated heterocycles. The van der Waals surface area contributed by atoms with E-state index < -0.39 is 0 Å². The third-order valence-corrected chi connectivity index (χ3v) is 3.55. The molecule has 1 aromatic rings. The smallest absolute Gasteiger partial charge is 0.123 e. The van der Waals surface area contributed by atoms with E-state index in [0.717, 1.165) is 12.1 Å². The Morgan fingerprint density at radius 3 is 2.61 bits per heavy atom. The van der Waals surface area contributed by atoms with Crippen LogP contribution in [0.15, 0.2) is 12.1 Å². The van der Waals surface area contributed by atoms with Gasteiger partial charge in [0.2, 0.25) is 0 Å². The van der Waals surface area contributed by atoms with Gasteiger partial charge in [0.1, 0.15) is 5.82 Å². The van der Waals surface area contributed by atoms with Crippen LogP contribution in [0.1, 0.15) is 17.7 Å². The number of aryl methyl sites for hydroxylation is 2. The first-order valence-electron chi connectivity index (χ1n) is 6.77. The molecule has 4 nitrogen and oxygen atoms in total. The third kappa shape index (κ3) is 3.96. The van der Waals surface area contributed by atoms with Gasteiger partial charge in [-0.3, -0.25) is 0 Å². The van der Waals surface area contributed by atoms with Crippen LogP contribution in [-0.2, 0) is 6.42 Å². The summed E-state index contributed by atoms with van der Waals surface area (Å²) in [7, 11) is 2.19. The maximum Gasteiger partial charge on any atom is 0.123 e. The van der Waals surface area contributed by atoms with Crippen LogP contribution in [0.2, 0.25) is 0 Å². The largest absolute Gasteiger partial charge is 0.384 e. The zero-order chi connectivity index (χ0) is 13.0. The number of nitrogen functional groups attached to an aromatic ring is 1. The summed E-state index contributed by atoms with van der Waals surface area (Å²) in [6, 6.07) is 4.06. The Balaban J connectivity index is 1.74. The Bertz CT molecular complexity index is 363. The topological polar surface area (TPSA) is 45.4 Å². The number of anilines is 1.